The summed E-state index contributed by atoms with van der Waals surface area (Å²) in [6.45, 7) is 2.38. The summed E-state index contributed by atoms with van der Waals surface area (Å²) in [5.74, 6) is 0.251. The van der Waals surface area contributed by atoms with Gasteiger partial charge in [0.2, 0.25) is 11.8 Å². The minimum Gasteiger partial charge on any atom is -0.480 e. The fraction of sp³-hybridized carbons (Fsp3) is 0.583. The van der Waals surface area contributed by atoms with Gasteiger partial charge in [0, 0.05) is 0 Å². The third kappa shape index (κ3) is 2.43. The summed E-state index contributed by atoms with van der Waals surface area (Å²) in [7, 11) is 2.94. The third-order valence-corrected chi connectivity index (χ3v) is 2.92. The molecule has 1 fully saturated rings. The molecule has 0 radical (unpaired) electrons. The van der Waals surface area contributed by atoms with Gasteiger partial charge in [-0.25, -0.2) is 4.98 Å². The number of aromatic nitrogens is 2. The molecular formula is C12H16N2O4. The van der Waals surface area contributed by atoms with Crippen LogP contribution in [0.4, 0.5) is 0 Å². The maximum absolute atomic E-state index is 12.3. The van der Waals surface area contributed by atoms with Crippen LogP contribution in [-0.4, -0.2) is 42.7 Å². The average Bonchev–Trinajstić information content (AvgIpc) is 2.83. The molecule has 0 saturated carbocycles. The summed E-state index contributed by atoms with van der Waals surface area (Å²) in [6.07, 6.45) is 2.22. The van der Waals surface area contributed by atoms with E-state index < -0.39 is 0 Å². The van der Waals surface area contributed by atoms with E-state index in [1.54, 1.807) is 0 Å². The lowest BCUT2D eigenvalue weighted by atomic mass is 9.99. The van der Waals surface area contributed by atoms with Gasteiger partial charge in [-0.2, -0.15) is 4.98 Å². The van der Waals surface area contributed by atoms with Crippen LogP contribution in [0.15, 0.2) is 6.20 Å². The quantitative estimate of drug-likeness (QED) is 0.747. The summed E-state index contributed by atoms with van der Waals surface area (Å²) in [5, 5.41) is 0. The van der Waals surface area contributed by atoms with Crippen LogP contribution < -0.4 is 9.47 Å². The molecule has 2 unspecified atom stereocenters. The van der Waals surface area contributed by atoms with Crippen molar-refractivity contribution in [3.8, 4) is 11.8 Å². The van der Waals surface area contributed by atoms with Crippen molar-refractivity contribution < 1.29 is 19.0 Å². The largest absolute Gasteiger partial charge is 0.480 e. The van der Waals surface area contributed by atoms with Crippen LogP contribution >= 0.6 is 0 Å². The van der Waals surface area contributed by atoms with Gasteiger partial charge in [-0.15, -0.1) is 0 Å². The van der Waals surface area contributed by atoms with Crippen molar-refractivity contribution in [2.75, 3.05) is 20.8 Å². The predicted octanol–water partition coefficient (Wildman–Crippen LogP) is 1.10. The molecule has 2 atom stereocenters. The number of rotatable bonds is 4. The van der Waals surface area contributed by atoms with E-state index in [-0.39, 0.29) is 29.4 Å². The van der Waals surface area contributed by atoms with Gasteiger partial charge < -0.3 is 14.2 Å². The number of hydrogen-bond acceptors (Lipinski definition) is 6. The molecule has 6 heteroatoms. The lowest BCUT2D eigenvalue weighted by Gasteiger charge is -2.10. The molecule has 0 amide bonds. The van der Waals surface area contributed by atoms with Crippen LogP contribution in [0.2, 0.25) is 0 Å². The molecule has 1 saturated heterocycles. The van der Waals surface area contributed by atoms with Crippen molar-refractivity contribution in [2.45, 2.75) is 19.4 Å². The molecule has 1 aromatic heterocycles. The van der Waals surface area contributed by atoms with E-state index in [4.69, 9.17) is 14.2 Å². The van der Waals surface area contributed by atoms with Gasteiger partial charge in [0.1, 0.15) is 0 Å². The zero-order chi connectivity index (χ0) is 13.1. The Morgan fingerprint density at radius 3 is 2.78 bits per heavy atom. The molecule has 0 spiro atoms. The van der Waals surface area contributed by atoms with Gasteiger partial charge in [-0.1, -0.05) is 0 Å². The highest BCUT2D eigenvalue weighted by molar-refractivity contribution is 5.98. The van der Waals surface area contributed by atoms with Crippen LogP contribution in [0.3, 0.4) is 0 Å². The highest BCUT2D eigenvalue weighted by Gasteiger charge is 2.32. The van der Waals surface area contributed by atoms with Crippen molar-refractivity contribution >= 4 is 5.78 Å². The van der Waals surface area contributed by atoms with Crippen LogP contribution in [0.1, 0.15) is 23.8 Å². The van der Waals surface area contributed by atoms with Gasteiger partial charge in [-0.3, -0.25) is 4.79 Å². The SMILES string of the molecule is COc1cnc(C(=O)C2COC(C)C2)c(OC)n1. The van der Waals surface area contributed by atoms with Crippen LogP contribution in [-0.2, 0) is 4.74 Å². The molecule has 1 aliphatic heterocycles. The Kier molecular flexibility index (Phi) is 3.76. The first-order chi connectivity index (χ1) is 8.65. The molecule has 1 aromatic rings. The third-order valence-electron chi connectivity index (χ3n) is 2.92. The number of carbonyl (C=O) groups excluding carboxylic acids is 1. The Morgan fingerprint density at radius 1 is 1.44 bits per heavy atom. The molecular weight excluding hydrogens is 236 g/mol. The van der Waals surface area contributed by atoms with Crippen molar-refractivity contribution in [1.82, 2.24) is 9.97 Å². The Morgan fingerprint density at radius 2 is 2.22 bits per heavy atom. The predicted molar refractivity (Wildman–Crippen MR) is 63.0 cm³/mol. The molecule has 1 aliphatic rings. The molecule has 2 rings (SSSR count). The first-order valence-electron chi connectivity index (χ1n) is 5.76. The molecule has 0 N–H and O–H groups in total. The number of nitrogens with zero attached hydrogens (tertiary/aromatic N) is 2. The number of Topliss-reactive ketones (excluding diaryl/α,β-unsaturated/α-hetero) is 1. The molecule has 0 aliphatic carbocycles. The van der Waals surface area contributed by atoms with Crippen molar-refractivity contribution in [1.29, 1.82) is 0 Å². The highest BCUT2D eigenvalue weighted by atomic mass is 16.5. The number of methoxy groups -OCH3 is 2. The van der Waals surface area contributed by atoms with Crippen LogP contribution in [0.25, 0.3) is 0 Å². The molecule has 18 heavy (non-hydrogen) atoms. The Labute approximate surface area is 105 Å². The number of ketones is 1. The summed E-state index contributed by atoms with van der Waals surface area (Å²) in [5.41, 5.74) is 0.237. The van der Waals surface area contributed by atoms with Gasteiger partial charge in [0.25, 0.3) is 0 Å². The first kappa shape index (κ1) is 12.8. The number of carbonyl (C=O) groups is 1. The molecule has 0 bridgehead atoms. The maximum atomic E-state index is 12.3. The average molecular weight is 252 g/mol. The smallest absolute Gasteiger partial charge is 0.246 e. The second kappa shape index (κ2) is 5.30. The maximum Gasteiger partial charge on any atom is 0.246 e. The highest BCUT2D eigenvalue weighted by Crippen LogP contribution is 2.26. The minimum absolute atomic E-state index is 0.0913. The van der Waals surface area contributed by atoms with Crippen molar-refractivity contribution in [2.24, 2.45) is 5.92 Å². The summed E-state index contributed by atoms with van der Waals surface area (Å²) >= 11 is 0. The Balaban J connectivity index is 2.24. The molecule has 98 valence electrons. The zero-order valence-corrected chi connectivity index (χ0v) is 10.7. The van der Waals surface area contributed by atoms with E-state index in [0.29, 0.717) is 18.9 Å². The summed E-state index contributed by atoms with van der Waals surface area (Å²) < 4.78 is 15.4. The second-order valence-corrected chi connectivity index (χ2v) is 4.21. The standard InChI is InChI=1S/C12H16N2O4/c1-7-4-8(6-18-7)11(15)10-12(17-3)14-9(16-2)5-13-10/h5,7-8H,4,6H2,1-3H3. The van der Waals surface area contributed by atoms with Gasteiger partial charge in [-0.05, 0) is 13.3 Å². The van der Waals surface area contributed by atoms with Gasteiger partial charge in [0.15, 0.2) is 11.5 Å². The normalized spacial score (nSPS) is 22.8. The van der Waals surface area contributed by atoms with Crippen molar-refractivity contribution in [3.05, 3.63) is 11.9 Å². The molecule has 6 nitrogen and oxygen atoms in total. The lowest BCUT2D eigenvalue weighted by Crippen LogP contribution is -2.18. The fourth-order valence-corrected chi connectivity index (χ4v) is 1.96. The van der Waals surface area contributed by atoms with E-state index in [9.17, 15) is 4.79 Å². The monoisotopic (exact) mass is 252 g/mol. The summed E-state index contributed by atoms with van der Waals surface area (Å²) in [4.78, 5) is 20.4. The lowest BCUT2D eigenvalue weighted by molar-refractivity contribution is 0.0869. The van der Waals surface area contributed by atoms with E-state index in [0.717, 1.165) is 0 Å². The Bertz CT molecular complexity index is 450. The van der Waals surface area contributed by atoms with Gasteiger partial charge in [0.05, 0.1) is 39.0 Å². The van der Waals surface area contributed by atoms with Crippen LogP contribution in [0.5, 0.6) is 11.8 Å². The number of ether oxygens (including phenoxy) is 3. The van der Waals surface area contributed by atoms with E-state index in [2.05, 4.69) is 9.97 Å². The zero-order valence-electron chi connectivity index (χ0n) is 10.7. The second-order valence-electron chi connectivity index (χ2n) is 4.21. The molecule has 2 heterocycles. The molecule has 0 aromatic carbocycles. The first-order valence-corrected chi connectivity index (χ1v) is 5.76. The van der Waals surface area contributed by atoms with Crippen molar-refractivity contribution in [3.63, 3.8) is 0 Å². The van der Waals surface area contributed by atoms with E-state index >= 15 is 0 Å². The fourth-order valence-electron chi connectivity index (χ4n) is 1.96. The summed E-state index contributed by atoms with van der Waals surface area (Å²) in [6, 6.07) is 0. The van der Waals surface area contributed by atoms with E-state index in [1.165, 1.54) is 20.4 Å². The van der Waals surface area contributed by atoms with Gasteiger partial charge >= 0.3 is 0 Å². The topological polar surface area (TPSA) is 70.5 Å². The van der Waals surface area contributed by atoms with E-state index in [1.807, 2.05) is 6.92 Å². The minimum atomic E-state index is -0.170. The Hall–Kier alpha value is -1.69. The number of hydrogen-bond donors (Lipinski definition) is 0. The van der Waals surface area contributed by atoms with Crippen LogP contribution in [0, 0.1) is 5.92 Å².